The molecule has 2 aromatic carbocycles. The number of nitrogens with one attached hydrogen (secondary N) is 2. The van der Waals surface area contributed by atoms with E-state index in [0.717, 1.165) is 35.1 Å². The Labute approximate surface area is 206 Å². The first-order valence-electron chi connectivity index (χ1n) is 12.5. The van der Waals surface area contributed by atoms with E-state index in [2.05, 4.69) is 34.9 Å². The van der Waals surface area contributed by atoms with Crippen LogP contribution in [0.1, 0.15) is 69.4 Å². The van der Waals surface area contributed by atoms with Crippen LogP contribution < -0.4 is 10.6 Å². The van der Waals surface area contributed by atoms with Gasteiger partial charge in [-0.2, -0.15) is 0 Å². The molecule has 1 unspecified atom stereocenters. The van der Waals surface area contributed by atoms with E-state index in [4.69, 9.17) is 4.74 Å². The summed E-state index contributed by atoms with van der Waals surface area (Å²) in [6.45, 7) is 3.82. The highest BCUT2D eigenvalue weighted by Gasteiger charge is 2.38. The zero-order valence-electron chi connectivity index (χ0n) is 20.4. The second-order valence-corrected chi connectivity index (χ2v) is 9.90. The van der Waals surface area contributed by atoms with Gasteiger partial charge in [-0.3, -0.25) is 9.59 Å². The molecule has 4 rings (SSSR count). The third-order valence-electron chi connectivity index (χ3n) is 7.33. The van der Waals surface area contributed by atoms with Crippen molar-refractivity contribution in [3.05, 3.63) is 59.7 Å². The van der Waals surface area contributed by atoms with Crippen LogP contribution in [0.15, 0.2) is 48.5 Å². The van der Waals surface area contributed by atoms with Gasteiger partial charge in [0.1, 0.15) is 12.1 Å². The maximum Gasteiger partial charge on any atom is 0.408 e. The molecular formula is C28H34N2O5. The Balaban J connectivity index is 1.40. The predicted molar refractivity (Wildman–Crippen MR) is 133 cm³/mol. The summed E-state index contributed by atoms with van der Waals surface area (Å²) in [6.07, 6.45) is 3.04. The van der Waals surface area contributed by atoms with Crippen LogP contribution in [0, 0.1) is 5.92 Å². The number of carboxylic acids is 1. The van der Waals surface area contributed by atoms with Crippen LogP contribution in [0.2, 0.25) is 0 Å². The van der Waals surface area contributed by atoms with Gasteiger partial charge in [0.25, 0.3) is 0 Å². The molecule has 7 heteroatoms. The van der Waals surface area contributed by atoms with Gasteiger partial charge < -0.3 is 20.5 Å². The molecule has 2 aliphatic rings. The fraction of sp³-hybridized carbons (Fsp3) is 0.464. The van der Waals surface area contributed by atoms with Crippen LogP contribution in [0.4, 0.5) is 4.79 Å². The number of hydrogen-bond donors (Lipinski definition) is 3. The van der Waals surface area contributed by atoms with Crippen molar-refractivity contribution in [1.29, 1.82) is 0 Å². The van der Waals surface area contributed by atoms with Crippen molar-refractivity contribution in [3.8, 4) is 11.1 Å². The van der Waals surface area contributed by atoms with E-state index in [1.54, 1.807) is 6.92 Å². The molecule has 0 saturated heterocycles. The molecule has 0 aliphatic heterocycles. The molecule has 1 fully saturated rings. The van der Waals surface area contributed by atoms with Crippen molar-refractivity contribution in [1.82, 2.24) is 10.6 Å². The Morgan fingerprint density at radius 2 is 1.66 bits per heavy atom. The smallest absolute Gasteiger partial charge is 0.408 e. The number of hydrogen-bond acceptors (Lipinski definition) is 4. The van der Waals surface area contributed by atoms with Gasteiger partial charge >= 0.3 is 12.1 Å². The van der Waals surface area contributed by atoms with Gasteiger partial charge in [-0.05, 0) is 54.9 Å². The van der Waals surface area contributed by atoms with Gasteiger partial charge in [-0.25, -0.2) is 4.79 Å². The van der Waals surface area contributed by atoms with Gasteiger partial charge in [0.15, 0.2) is 0 Å². The van der Waals surface area contributed by atoms with E-state index in [0.29, 0.717) is 25.7 Å². The van der Waals surface area contributed by atoms with Gasteiger partial charge in [0.2, 0.25) is 5.91 Å². The summed E-state index contributed by atoms with van der Waals surface area (Å²) in [6, 6.07) is 16.1. The number of alkyl carbamates (subject to hydrolysis) is 1. The van der Waals surface area contributed by atoms with Crippen LogP contribution in [0.25, 0.3) is 11.1 Å². The number of carbonyl (C=O) groups is 3. The highest BCUT2D eigenvalue weighted by Crippen LogP contribution is 2.44. The van der Waals surface area contributed by atoms with Gasteiger partial charge in [-0.1, -0.05) is 68.3 Å². The lowest BCUT2D eigenvalue weighted by atomic mass is 9.85. The lowest BCUT2D eigenvalue weighted by Crippen LogP contribution is -2.59. The SMILES string of the molecule is CCCC(C)(NC(=O)OCC1c2ccccc2-c2ccccc21)C(=O)N[C@H]1CCC[C@@H](C(=O)O)C1. The molecule has 2 amide bonds. The van der Waals surface area contributed by atoms with Crippen molar-refractivity contribution >= 4 is 18.0 Å². The maximum absolute atomic E-state index is 13.2. The standard InChI is InChI=1S/C28H34N2O5/c1-3-15-28(2,26(33)29-19-10-8-9-18(16-19)25(31)32)30-27(34)35-17-24-22-13-6-4-11-20(22)21-12-5-7-14-23(21)24/h4-7,11-14,18-19,24H,3,8-10,15-17H2,1-2H3,(H,29,33)(H,30,34)(H,31,32)/t18-,19+,28?/m1/s1. The summed E-state index contributed by atoms with van der Waals surface area (Å²) in [7, 11) is 0. The third kappa shape index (κ3) is 5.34. The molecule has 0 bridgehead atoms. The molecule has 2 aliphatic carbocycles. The van der Waals surface area contributed by atoms with Crippen molar-refractivity contribution in [2.75, 3.05) is 6.61 Å². The lowest BCUT2D eigenvalue weighted by molar-refractivity contribution is -0.143. The molecule has 0 radical (unpaired) electrons. The lowest BCUT2D eigenvalue weighted by Gasteiger charge is -2.33. The van der Waals surface area contributed by atoms with Crippen molar-refractivity contribution in [3.63, 3.8) is 0 Å². The van der Waals surface area contributed by atoms with Crippen LogP contribution in [-0.4, -0.2) is 41.3 Å². The normalized spacial score (nSPS) is 20.7. The van der Waals surface area contributed by atoms with Gasteiger partial charge in [0.05, 0.1) is 5.92 Å². The number of amides is 2. The molecule has 186 valence electrons. The Morgan fingerprint density at radius 3 is 2.26 bits per heavy atom. The van der Waals surface area contributed by atoms with Crippen LogP contribution in [0.3, 0.4) is 0 Å². The Hall–Kier alpha value is -3.35. The van der Waals surface area contributed by atoms with Crippen LogP contribution >= 0.6 is 0 Å². The topological polar surface area (TPSA) is 105 Å². The molecule has 0 spiro atoms. The zero-order valence-corrected chi connectivity index (χ0v) is 20.4. The first-order valence-corrected chi connectivity index (χ1v) is 12.5. The molecule has 1 saturated carbocycles. The summed E-state index contributed by atoms with van der Waals surface area (Å²) in [5.74, 6) is -1.63. The summed E-state index contributed by atoms with van der Waals surface area (Å²) in [4.78, 5) is 37.4. The van der Waals surface area contributed by atoms with E-state index in [1.165, 1.54) is 0 Å². The summed E-state index contributed by atoms with van der Waals surface area (Å²) in [5.41, 5.74) is 3.41. The quantitative estimate of drug-likeness (QED) is 0.503. The Bertz CT molecular complexity index is 1050. The van der Waals surface area contributed by atoms with E-state index in [-0.39, 0.29) is 24.5 Å². The number of aliphatic carboxylic acids is 1. The average Bonchev–Trinajstić information content (AvgIpc) is 3.16. The Kier molecular flexibility index (Phi) is 7.43. The number of ether oxygens (including phenoxy) is 1. The van der Waals surface area contributed by atoms with E-state index < -0.39 is 23.5 Å². The maximum atomic E-state index is 13.2. The molecule has 2 aromatic rings. The largest absolute Gasteiger partial charge is 0.481 e. The second kappa shape index (κ2) is 10.5. The van der Waals surface area contributed by atoms with Crippen molar-refractivity contribution in [2.24, 2.45) is 5.92 Å². The number of benzene rings is 2. The highest BCUT2D eigenvalue weighted by atomic mass is 16.5. The zero-order chi connectivity index (χ0) is 25.0. The minimum atomic E-state index is -1.15. The minimum absolute atomic E-state index is 0.0606. The van der Waals surface area contributed by atoms with E-state index in [1.807, 2.05) is 31.2 Å². The monoisotopic (exact) mass is 478 g/mol. The molecular weight excluding hydrogens is 444 g/mol. The molecule has 7 nitrogen and oxygen atoms in total. The molecule has 3 atom stereocenters. The summed E-state index contributed by atoms with van der Waals surface area (Å²) in [5, 5.41) is 15.1. The second-order valence-electron chi connectivity index (χ2n) is 9.90. The Morgan fingerprint density at radius 1 is 1.03 bits per heavy atom. The van der Waals surface area contributed by atoms with Gasteiger partial charge in [-0.15, -0.1) is 0 Å². The van der Waals surface area contributed by atoms with Crippen LogP contribution in [0.5, 0.6) is 0 Å². The highest BCUT2D eigenvalue weighted by molar-refractivity contribution is 5.90. The first-order chi connectivity index (χ1) is 16.8. The van der Waals surface area contributed by atoms with Gasteiger partial charge in [0, 0.05) is 12.0 Å². The average molecular weight is 479 g/mol. The minimum Gasteiger partial charge on any atom is -0.481 e. The molecule has 0 heterocycles. The molecule has 3 N–H and O–H groups in total. The van der Waals surface area contributed by atoms with Crippen molar-refractivity contribution in [2.45, 2.75) is 69.9 Å². The predicted octanol–water partition coefficient (Wildman–Crippen LogP) is 4.84. The summed E-state index contributed by atoms with van der Waals surface area (Å²) >= 11 is 0. The fourth-order valence-electron chi connectivity index (χ4n) is 5.48. The third-order valence-corrected chi connectivity index (χ3v) is 7.33. The summed E-state index contributed by atoms with van der Waals surface area (Å²) < 4.78 is 5.66. The molecule has 0 aromatic heterocycles. The van der Waals surface area contributed by atoms with Crippen molar-refractivity contribution < 1.29 is 24.2 Å². The van der Waals surface area contributed by atoms with E-state index >= 15 is 0 Å². The van der Waals surface area contributed by atoms with Crippen LogP contribution in [-0.2, 0) is 14.3 Å². The van der Waals surface area contributed by atoms with E-state index in [9.17, 15) is 19.5 Å². The number of rotatable bonds is 8. The number of carboxylic acid groups (broad SMARTS) is 1. The number of fused-ring (bicyclic) bond motifs is 3. The number of carbonyl (C=O) groups excluding carboxylic acids is 2. The fourth-order valence-corrected chi connectivity index (χ4v) is 5.48. The first kappa shape index (κ1) is 24.8. The molecule has 35 heavy (non-hydrogen) atoms.